The number of benzene rings is 1. The average molecular weight is 206 g/mol. The van der Waals surface area contributed by atoms with Gasteiger partial charge >= 0.3 is 6.03 Å². The molecular formula is C9H10N4O2. The third-order valence-electron chi connectivity index (χ3n) is 1.98. The summed E-state index contributed by atoms with van der Waals surface area (Å²) in [4.78, 5) is 14.8. The molecule has 0 atom stereocenters. The normalized spacial score (nSPS) is 10.2. The highest BCUT2D eigenvalue weighted by Gasteiger charge is 2.01. The Morgan fingerprint density at radius 3 is 3.20 bits per heavy atom. The maximum Gasteiger partial charge on any atom is 0.329 e. The molecule has 0 aliphatic carbocycles. The molecular weight excluding hydrogens is 196 g/mol. The van der Waals surface area contributed by atoms with E-state index in [1.54, 1.807) is 0 Å². The molecule has 78 valence electrons. The summed E-state index contributed by atoms with van der Waals surface area (Å²) in [6.07, 6.45) is 1.38. The van der Waals surface area contributed by atoms with Crippen LogP contribution in [0.5, 0.6) is 0 Å². The van der Waals surface area contributed by atoms with E-state index in [0.29, 0.717) is 12.1 Å². The zero-order valence-corrected chi connectivity index (χ0v) is 7.86. The minimum absolute atomic E-state index is 0.389. The number of hydrogen-bond donors (Lipinski definition) is 3. The molecule has 0 aliphatic rings. The number of hydrazine groups is 1. The molecule has 0 saturated carbocycles. The number of nitrogens with zero attached hydrogens (tertiary/aromatic N) is 1. The van der Waals surface area contributed by atoms with Gasteiger partial charge in [-0.05, 0) is 17.7 Å². The number of fused-ring (bicyclic) bond motifs is 1. The molecule has 6 nitrogen and oxygen atoms in total. The number of hydrogen-bond acceptors (Lipinski definition) is 4. The summed E-state index contributed by atoms with van der Waals surface area (Å²) < 4.78 is 5.13. The van der Waals surface area contributed by atoms with Crippen LogP contribution in [-0.2, 0) is 6.54 Å². The van der Waals surface area contributed by atoms with Crippen molar-refractivity contribution in [2.24, 2.45) is 5.84 Å². The van der Waals surface area contributed by atoms with Gasteiger partial charge in [-0.2, -0.15) is 0 Å². The van der Waals surface area contributed by atoms with E-state index in [9.17, 15) is 4.79 Å². The number of amides is 2. The van der Waals surface area contributed by atoms with Crippen LogP contribution in [0, 0.1) is 0 Å². The average Bonchev–Trinajstić information content (AvgIpc) is 2.72. The van der Waals surface area contributed by atoms with Crippen molar-refractivity contribution in [1.29, 1.82) is 0 Å². The topological polar surface area (TPSA) is 93.2 Å². The van der Waals surface area contributed by atoms with Crippen LogP contribution in [-0.4, -0.2) is 11.0 Å². The van der Waals surface area contributed by atoms with Crippen LogP contribution < -0.4 is 16.6 Å². The third-order valence-corrected chi connectivity index (χ3v) is 1.98. The van der Waals surface area contributed by atoms with Crippen molar-refractivity contribution in [3.63, 3.8) is 0 Å². The molecule has 1 heterocycles. The van der Waals surface area contributed by atoms with Crippen molar-refractivity contribution in [3.05, 3.63) is 30.2 Å². The molecule has 6 heteroatoms. The molecule has 0 saturated heterocycles. The molecule has 0 bridgehead atoms. The van der Waals surface area contributed by atoms with Gasteiger partial charge in [0.25, 0.3) is 0 Å². The number of nitrogens with two attached hydrogens (primary N) is 1. The van der Waals surface area contributed by atoms with E-state index >= 15 is 0 Å². The van der Waals surface area contributed by atoms with Crippen LogP contribution in [0.25, 0.3) is 11.1 Å². The molecule has 2 aromatic rings. The minimum Gasteiger partial charge on any atom is -0.443 e. The molecule has 0 fully saturated rings. The maximum absolute atomic E-state index is 10.8. The van der Waals surface area contributed by atoms with E-state index in [2.05, 4.69) is 10.3 Å². The number of oxazole rings is 1. The predicted octanol–water partition coefficient (Wildman–Crippen LogP) is 0.501. The Morgan fingerprint density at radius 1 is 1.53 bits per heavy atom. The van der Waals surface area contributed by atoms with Crippen molar-refractivity contribution < 1.29 is 9.21 Å². The van der Waals surface area contributed by atoms with E-state index in [-0.39, 0.29) is 0 Å². The summed E-state index contributed by atoms with van der Waals surface area (Å²) in [7, 11) is 0. The summed E-state index contributed by atoms with van der Waals surface area (Å²) >= 11 is 0. The van der Waals surface area contributed by atoms with Crippen molar-refractivity contribution in [2.75, 3.05) is 0 Å². The predicted molar refractivity (Wildman–Crippen MR) is 53.6 cm³/mol. The van der Waals surface area contributed by atoms with Gasteiger partial charge in [-0.25, -0.2) is 15.6 Å². The molecule has 0 spiro atoms. The summed E-state index contributed by atoms with van der Waals surface area (Å²) in [6.45, 7) is 0.389. The van der Waals surface area contributed by atoms with E-state index < -0.39 is 6.03 Å². The smallest absolute Gasteiger partial charge is 0.329 e. The fraction of sp³-hybridized carbons (Fsp3) is 0.111. The zero-order chi connectivity index (χ0) is 10.7. The van der Waals surface area contributed by atoms with Gasteiger partial charge < -0.3 is 9.73 Å². The lowest BCUT2D eigenvalue weighted by molar-refractivity contribution is 0.241. The quantitative estimate of drug-likeness (QED) is 0.379. The van der Waals surface area contributed by atoms with Gasteiger partial charge in [-0.1, -0.05) is 6.07 Å². The Hall–Kier alpha value is -2.08. The molecule has 0 radical (unpaired) electrons. The Labute approximate surface area is 85.4 Å². The van der Waals surface area contributed by atoms with Crippen molar-refractivity contribution in [2.45, 2.75) is 6.54 Å². The van der Waals surface area contributed by atoms with Crippen LogP contribution in [0.2, 0.25) is 0 Å². The van der Waals surface area contributed by atoms with Crippen LogP contribution >= 0.6 is 0 Å². The van der Waals surface area contributed by atoms with Gasteiger partial charge in [0.2, 0.25) is 0 Å². The Balaban J connectivity index is 2.11. The molecule has 1 aromatic carbocycles. The van der Waals surface area contributed by atoms with E-state index in [0.717, 1.165) is 11.1 Å². The monoisotopic (exact) mass is 206 g/mol. The van der Waals surface area contributed by atoms with Crippen molar-refractivity contribution >= 4 is 17.1 Å². The SMILES string of the molecule is NNC(=O)NCc1ccc2ncoc2c1. The second kappa shape index (κ2) is 3.97. The first kappa shape index (κ1) is 9.47. The Kier molecular flexibility index (Phi) is 2.51. The summed E-state index contributed by atoms with van der Waals surface area (Å²) in [5.74, 6) is 4.92. The molecule has 1 aromatic heterocycles. The van der Waals surface area contributed by atoms with Gasteiger partial charge in [0.15, 0.2) is 12.0 Å². The third kappa shape index (κ3) is 2.05. The number of carbonyl (C=O) groups is 1. The molecule has 4 N–H and O–H groups in total. The summed E-state index contributed by atoms with van der Waals surface area (Å²) in [5.41, 5.74) is 4.39. The lowest BCUT2D eigenvalue weighted by Gasteiger charge is -2.03. The lowest BCUT2D eigenvalue weighted by atomic mass is 10.2. The first-order valence-corrected chi connectivity index (χ1v) is 4.36. The maximum atomic E-state index is 10.8. The fourth-order valence-corrected chi connectivity index (χ4v) is 1.24. The zero-order valence-electron chi connectivity index (χ0n) is 7.86. The molecule has 2 amide bonds. The van der Waals surface area contributed by atoms with E-state index in [1.807, 2.05) is 23.6 Å². The van der Waals surface area contributed by atoms with E-state index in [1.165, 1.54) is 6.39 Å². The fourth-order valence-electron chi connectivity index (χ4n) is 1.24. The van der Waals surface area contributed by atoms with Crippen molar-refractivity contribution in [1.82, 2.24) is 15.7 Å². The van der Waals surface area contributed by atoms with Gasteiger partial charge in [-0.15, -0.1) is 0 Å². The van der Waals surface area contributed by atoms with Crippen molar-refractivity contribution in [3.8, 4) is 0 Å². The summed E-state index contributed by atoms with van der Waals surface area (Å²) in [6, 6.07) is 5.09. The first-order valence-electron chi connectivity index (χ1n) is 4.36. The highest BCUT2D eigenvalue weighted by Crippen LogP contribution is 2.13. The minimum atomic E-state index is -0.423. The Morgan fingerprint density at radius 2 is 2.40 bits per heavy atom. The van der Waals surface area contributed by atoms with Crippen LogP contribution in [0.15, 0.2) is 29.0 Å². The first-order chi connectivity index (χ1) is 7.29. The molecule has 15 heavy (non-hydrogen) atoms. The van der Waals surface area contributed by atoms with Crippen LogP contribution in [0.4, 0.5) is 4.79 Å². The van der Waals surface area contributed by atoms with Gasteiger partial charge in [0, 0.05) is 6.54 Å². The molecule has 0 unspecified atom stereocenters. The Bertz CT molecular complexity index is 480. The second-order valence-electron chi connectivity index (χ2n) is 2.98. The second-order valence-corrected chi connectivity index (χ2v) is 2.98. The highest BCUT2D eigenvalue weighted by atomic mass is 16.3. The molecule has 2 rings (SSSR count). The van der Waals surface area contributed by atoms with Gasteiger partial charge in [0.1, 0.15) is 5.52 Å². The largest absolute Gasteiger partial charge is 0.443 e. The number of nitrogens with one attached hydrogen (secondary N) is 2. The number of urea groups is 1. The molecule has 0 aliphatic heterocycles. The van der Waals surface area contributed by atoms with Gasteiger partial charge in [0.05, 0.1) is 0 Å². The standard InChI is InChI=1S/C9H10N4O2/c10-13-9(14)11-4-6-1-2-7-8(3-6)15-5-12-7/h1-3,5H,4,10H2,(H2,11,13,14). The summed E-state index contributed by atoms with van der Waals surface area (Å²) in [5, 5.41) is 2.57. The van der Waals surface area contributed by atoms with Crippen LogP contribution in [0.3, 0.4) is 0 Å². The van der Waals surface area contributed by atoms with Gasteiger partial charge in [-0.3, -0.25) is 5.43 Å². The van der Waals surface area contributed by atoms with E-state index in [4.69, 9.17) is 10.3 Å². The lowest BCUT2D eigenvalue weighted by Crippen LogP contribution is -2.39. The van der Waals surface area contributed by atoms with Crippen LogP contribution in [0.1, 0.15) is 5.56 Å². The highest BCUT2D eigenvalue weighted by molar-refractivity contribution is 5.74. The number of aromatic nitrogens is 1. The number of rotatable bonds is 2. The number of carbonyl (C=O) groups excluding carboxylic acids is 1.